The fourth-order valence-corrected chi connectivity index (χ4v) is 5.03. The number of anilines is 1. The third-order valence-electron chi connectivity index (χ3n) is 3.37. The fourth-order valence-electron chi connectivity index (χ4n) is 2.46. The van der Waals surface area contributed by atoms with Gasteiger partial charge in [0.15, 0.2) is 0 Å². The van der Waals surface area contributed by atoms with Gasteiger partial charge in [-0.15, -0.1) is 0 Å². The molecule has 4 nitrogen and oxygen atoms in total. The Morgan fingerprint density at radius 1 is 1.45 bits per heavy atom. The Hall–Kier alpha value is -0.790. The molecule has 0 radical (unpaired) electrons. The Bertz CT molecular complexity index is 578. The van der Waals surface area contributed by atoms with Gasteiger partial charge in [0.2, 0.25) is 10.0 Å². The molecule has 20 heavy (non-hydrogen) atoms. The number of halogens is 1. The molecular weight excluding hydrogens is 299 g/mol. The van der Waals surface area contributed by atoms with Gasteiger partial charge in [0.1, 0.15) is 10.7 Å². The van der Waals surface area contributed by atoms with Crippen molar-refractivity contribution in [2.24, 2.45) is 0 Å². The Morgan fingerprint density at radius 3 is 2.90 bits per heavy atom. The monoisotopic (exact) mass is 318 g/mol. The lowest BCUT2D eigenvalue weighted by Crippen LogP contribution is -2.33. The molecule has 0 aromatic heterocycles. The number of benzene rings is 1. The average Bonchev–Trinajstić information content (AvgIpc) is 2.79. The van der Waals surface area contributed by atoms with Crippen LogP contribution in [0.5, 0.6) is 0 Å². The Balaban J connectivity index is 2.10. The zero-order chi connectivity index (χ0) is 14.8. The van der Waals surface area contributed by atoms with Crippen molar-refractivity contribution in [2.45, 2.75) is 42.4 Å². The summed E-state index contributed by atoms with van der Waals surface area (Å²) in [4.78, 5) is -0.177. The lowest BCUT2D eigenvalue weighted by molar-refractivity contribution is 0.551. The number of nitrogens with two attached hydrogens (primary N) is 1. The highest BCUT2D eigenvalue weighted by Gasteiger charge is 2.29. The molecule has 112 valence electrons. The molecule has 2 rings (SSSR count). The van der Waals surface area contributed by atoms with Crippen LogP contribution in [0.3, 0.4) is 0 Å². The van der Waals surface area contributed by atoms with Gasteiger partial charge in [-0.25, -0.2) is 17.5 Å². The summed E-state index contributed by atoms with van der Waals surface area (Å²) in [6.45, 7) is 2.09. The third kappa shape index (κ3) is 3.65. The van der Waals surface area contributed by atoms with E-state index in [1.54, 1.807) is 0 Å². The summed E-state index contributed by atoms with van der Waals surface area (Å²) in [5, 5.41) is 0.498. The maximum atomic E-state index is 13.2. The SMILES string of the molecule is CCSC1CCC(NS(=O)(=O)c2cc(F)ccc2N)C1. The van der Waals surface area contributed by atoms with Gasteiger partial charge in [0.05, 0.1) is 5.69 Å². The van der Waals surface area contributed by atoms with Crippen LogP contribution in [0, 0.1) is 5.82 Å². The molecule has 0 aliphatic heterocycles. The molecule has 1 aromatic carbocycles. The van der Waals surface area contributed by atoms with Crippen molar-refractivity contribution >= 4 is 27.5 Å². The minimum absolute atomic E-state index is 0.0661. The molecule has 3 N–H and O–H groups in total. The first-order chi connectivity index (χ1) is 9.42. The highest BCUT2D eigenvalue weighted by Crippen LogP contribution is 2.31. The number of nitrogen functional groups attached to an aromatic ring is 1. The van der Waals surface area contributed by atoms with Gasteiger partial charge in [0.25, 0.3) is 0 Å². The van der Waals surface area contributed by atoms with E-state index in [0.717, 1.165) is 37.1 Å². The molecule has 0 heterocycles. The normalized spacial score (nSPS) is 23.1. The van der Waals surface area contributed by atoms with Crippen molar-refractivity contribution in [2.75, 3.05) is 11.5 Å². The number of hydrogen-bond acceptors (Lipinski definition) is 4. The fraction of sp³-hybridized carbons (Fsp3) is 0.538. The molecule has 1 fully saturated rings. The van der Waals surface area contributed by atoms with Gasteiger partial charge in [-0.2, -0.15) is 11.8 Å². The molecule has 1 aliphatic carbocycles. The van der Waals surface area contributed by atoms with Gasteiger partial charge in [-0.3, -0.25) is 0 Å². The van der Waals surface area contributed by atoms with Crippen LogP contribution < -0.4 is 10.5 Å². The highest BCUT2D eigenvalue weighted by atomic mass is 32.2. The van der Waals surface area contributed by atoms with Crippen LogP contribution in [0.2, 0.25) is 0 Å². The third-order valence-corrected chi connectivity index (χ3v) is 6.18. The highest BCUT2D eigenvalue weighted by molar-refractivity contribution is 7.99. The maximum absolute atomic E-state index is 13.2. The minimum atomic E-state index is -3.76. The largest absolute Gasteiger partial charge is 0.398 e. The number of thioether (sulfide) groups is 1. The van der Waals surface area contributed by atoms with Crippen LogP contribution in [-0.2, 0) is 10.0 Å². The van der Waals surface area contributed by atoms with E-state index < -0.39 is 15.8 Å². The van der Waals surface area contributed by atoms with Crippen LogP contribution in [0.1, 0.15) is 26.2 Å². The number of sulfonamides is 1. The predicted molar refractivity (Wildman–Crippen MR) is 80.7 cm³/mol. The molecule has 1 saturated carbocycles. The molecule has 0 spiro atoms. The van der Waals surface area contributed by atoms with Crippen molar-refractivity contribution in [3.8, 4) is 0 Å². The first kappa shape index (κ1) is 15.6. The van der Waals surface area contributed by atoms with E-state index >= 15 is 0 Å². The molecule has 0 amide bonds. The van der Waals surface area contributed by atoms with E-state index in [9.17, 15) is 12.8 Å². The summed E-state index contributed by atoms with van der Waals surface area (Å²) < 4.78 is 40.4. The zero-order valence-corrected chi connectivity index (χ0v) is 12.9. The smallest absolute Gasteiger partial charge is 0.242 e. The van der Waals surface area contributed by atoms with E-state index in [0.29, 0.717) is 5.25 Å². The molecular formula is C13H19FN2O2S2. The van der Waals surface area contributed by atoms with Crippen molar-refractivity contribution < 1.29 is 12.8 Å². The molecule has 1 aromatic rings. The average molecular weight is 318 g/mol. The van der Waals surface area contributed by atoms with Crippen molar-refractivity contribution in [1.82, 2.24) is 4.72 Å². The van der Waals surface area contributed by atoms with E-state index in [1.165, 1.54) is 6.07 Å². The lowest BCUT2D eigenvalue weighted by Gasteiger charge is -2.14. The van der Waals surface area contributed by atoms with Gasteiger partial charge in [0, 0.05) is 11.3 Å². The number of hydrogen-bond donors (Lipinski definition) is 2. The van der Waals surface area contributed by atoms with E-state index in [-0.39, 0.29) is 16.6 Å². The summed E-state index contributed by atoms with van der Waals surface area (Å²) in [5.74, 6) is 0.423. The van der Waals surface area contributed by atoms with Gasteiger partial charge in [-0.1, -0.05) is 6.92 Å². The van der Waals surface area contributed by atoms with Gasteiger partial charge < -0.3 is 5.73 Å². The maximum Gasteiger partial charge on any atom is 0.242 e. The Labute approximate surface area is 123 Å². The van der Waals surface area contributed by atoms with Gasteiger partial charge in [-0.05, 0) is 43.2 Å². The first-order valence-corrected chi connectivity index (χ1v) is 9.14. The minimum Gasteiger partial charge on any atom is -0.398 e. The topological polar surface area (TPSA) is 72.2 Å². The molecule has 2 atom stereocenters. The van der Waals surface area contributed by atoms with E-state index in [1.807, 2.05) is 11.8 Å². The van der Waals surface area contributed by atoms with Crippen molar-refractivity contribution in [1.29, 1.82) is 0 Å². The molecule has 0 bridgehead atoms. The van der Waals surface area contributed by atoms with Crippen LogP contribution in [0.4, 0.5) is 10.1 Å². The second kappa shape index (κ2) is 6.32. The van der Waals surface area contributed by atoms with Crippen LogP contribution in [0.25, 0.3) is 0 Å². The summed E-state index contributed by atoms with van der Waals surface area (Å²) in [6, 6.07) is 3.29. The lowest BCUT2D eigenvalue weighted by atomic mass is 10.3. The van der Waals surface area contributed by atoms with E-state index in [4.69, 9.17) is 5.73 Å². The van der Waals surface area contributed by atoms with Crippen molar-refractivity contribution in [3.05, 3.63) is 24.0 Å². The second-order valence-electron chi connectivity index (χ2n) is 4.89. The van der Waals surface area contributed by atoms with Crippen LogP contribution in [-0.4, -0.2) is 25.5 Å². The number of rotatable bonds is 5. The van der Waals surface area contributed by atoms with Gasteiger partial charge >= 0.3 is 0 Å². The summed E-state index contributed by atoms with van der Waals surface area (Å²) in [6.07, 6.45) is 2.63. The first-order valence-electron chi connectivity index (χ1n) is 6.61. The predicted octanol–water partition coefficient (Wildman–Crippen LogP) is 2.36. The van der Waals surface area contributed by atoms with E-state index in [2.05, 4.69) is 11.6 Å². The van der Waals surface area contributed by atoms with Crippen LogP contribution >= 0.6 is 11.8 Å². The zero-order valence-electron chi connectivity index (χ0n) is 11.3. The number of nitrogens with one attached hydrogen (secondary N) is 1. The van der Waals surface area contributed by atoms with Crippen LogP contribution in [0.15, 0.2) is 23.1 Å². The quantitative estimate of drug-likeness (QED) is 0.818. The summed E-state index contributed by atoms with van der Waals surface area (Å²) >= 11 is 1.85. The molecule has 2 unspecified atom stereocenters. The second-order valence-corrected chi connectivity index (χ2v) is 8.15. The van der Waals surface area contributed by atoms with Crippen molar-refractivity contribution in [3.63, 3.8) is 0 Å². The molecule has 1 aliphatic rings. The summed E-state index contributed by atoms with van der Waals surface area (Å²) in [5.41, 5.74) is 5.70. The molecule has 7 heteroatoms. The summed E-state index contributed by atoms with van der Waals surface area (Å²) in [7, 11) is -3.76. The Kier molecular flexibility index (Phi) is 4.93. The standard InChI is InChI=1S/C13H19FN2O2S2/c1-2-19-11-5-4-10(8-11)16-20(17,18)13-7-9(14)3-6-12(13)15/h3,6-7,10-11,16H,2,4-5,8,15H2,1H3. The Morgan fingerprint density at radius 2 is 2.20 bits per heavy atom. The molecule has 0 saturated heterocycles.